The third-order valence-corrected chi connectivity index (χ3v) is 4.49. The zero-order chi connectivity index (χ0) is 15.8. The quantitative estimate of drug-likeness (QED) is 0.676. The fourth-order valence-corrected chi connectivity index (χ4v) is 2.23. The van der Waals surface area contributed by atoms with Crippen LogP contribution in [0.3, 0.4) is 0 Å². The van der Waals surface area contributed by atoms with Crippen molar-refractivity contribution in [1.29, 1.82) is 0 Å². The summed E-state index contributed by atoms with van der Waals surface area (Å²) in [5.41, 5.74) is 0.676. The summed E-state index contributed by atoms with van der Waals surface area (Å²) in [6, 6.07) is 5.56. The van der Waals surface area contributed by atoms with E-state index in [0.29, 0.717) is 34.1 Å². The minimum Gasteiger partial charge on any atom is -0.326 e. The smallest absolute Gasteiger partial charge is 0.224 e. The largest absolute Gasteiger partial charge is 0.326 e. The van der Waals surface area contributed by atoms with Gasteiger partial charge in [-0.2, -0.15) is 0 Å². The minimum absolute atomic E-state index is 0.00798. The summed E-state index contributed by atoms with van der Waals surface area (Å²) < 4.78 is 0. The van der Waals surface area contributed by atoms with Crippen LogP contribution in [0, 0.1) is 5.92 Å². The molecule has 21 heavy (non-hydrogen) atoms. The Hall–Kier alpha value is -0.770. The predicted octanol–water partition coefficient (Wildman–Crippen LogP) is 4.74. The molecule has 118 valence electrons. The van der Waals surface area contributed by atoms with Crippen molar-refractivity contribution >= 4 is 34.8 Å². The normalized spacial score (nSPS) is 13.8. The molecule has 0 aromatic heterocycles. The first-order chi connectivity index (χ1) is 9.93. The Morgan fingerprint density at radius 1 is 1.24 bits per heavy atom. The number of nitrogens with one attached hydrogen (secondary N) is 2. The van der Waals surface area contributed by atoms with Crippen LogP contribution in [-0.4, -0.2) is 18.5 Å². The standard InChI is InChI=1S/C16H24Cl2N2O/c1-4-11(2)12(3)19-9-5-6-16(21)20-13-7-8-14(17)15(18)10-13/h7-8,10-12,19H,4-6,9H2,1-3H3,(H,20,21). The molecule has 2 atom stereocenters. The van der Waals surface area contributed by atoms with Gasteiger partial charge in [0.25, 0.3) is 0 Å². The number of rotatable bonds is 8. The van der Waals surface area contributed by atoms with Gasteiger partial charge in [-0.25, -0.2) is 0 Å². The molecule has 3 nitrogen and oxygen atoms in total. The molecule has 0 saturated heterocycles. The highest BCUT2D eigenvalue weighted by Crippen LogP contribution is 2.25. The average Bonchev–Trinajstić information content (AvgIpc) is 2.46. The molecule has 0 aliphatic heterocycles. The lowest BCUT2D eigenvalue weighted by atomic mass is 10.0. The molecule has 0 saturated carbocycles. The summed E-state index contributed by atoms with van der Waals surface area (Å²) in [5.74, 6) is 0.640. The lowest BCUT2D eigenvalue weighted by Gasteiger charge is -2.19. The fourth-order valence-electron chi connectivity index (χ4n) is 1.93. The molecule has 2 unspecified atom stereocenters. The van der Waals surface area contributed by atoms with Gasteiger partial charge in [0.2, 0.25) is 5.91 Å². The zero-order valence-electron chi connectivity index (χ0n) is 12.9. The highest BCUT2D eigenvalue weighted by Gasteiger charge is 2.09. The first-order valence-electron chi connectivity index (χ1n) is 7.42. The van der Waals surface area contributed by atoms with Gasteiger partial charge in [-0.3, -0.25) is 4.79 Å². The highest BCUT2D eigenvalue weighted by molar-refractivity contribution is 6.42. The molecule has 1 rings (SSSR count). The molecule has 0 aliphatic rings. The van der Waals surface area contributed by atoms with Crippen LogP contribution >= 0.6 is 23.2 Å². The van der Waals surface area contributed by atoms with Crippen molar-refractivity contribution < 1.29 is 4.79 Å². The van der Waals surface area contributed by atoms with Crippen molar-refractivity contribution in [3.05, 3.63) is 28.2 Å². The lowest BCUT2D eigenvalue weighted by Crippen LogP contribution is -2.32. The second-order valence-corrected chi connectivity index (χ2v) is 6.22. The number of halogens is 2. The molecule has 2 N–H and O–H groups in total. The van der Waals surface area contributed by atoms with Gasteiger partial charge in [0.05, 0.1) is 10.0 Å². The Balaban J connectivity index is 2.26. The molecule has 5 heteroatoms. The van der Waals surface area contributed by atoms with Crippen molar-refractivity contribution in [2.75, 3.05) is 11.9 Å². The molecule has 1 aromatic rings. The van der Waals surface area contributed by atoms with Gasteiger partial charge in [-0.1, -0.05) is 43.5 Å². The van der Waals surface area contributed by atoms with Crippen molar-refractivity contribution in [1.82, 2.24) is 5.32 Å². The van der Waals surface area contributed by atoms with E-state index in [1.54, 1.807) is 18.2 Å². The van der Waals surface area contributed by atoms with E-state index < -0.39 is 0 Å². The maximum atomic E-state index is 11.8. The van der Waals surface area contributed by atoms with Gasteiger partial charge in [0, 0.05) is 18.2 Å². The second-order valence-electron chi connectivity index (χ2n) is 5.41. The van der Waals surface area contributed by atoms with E-state index in [-0.39, 0.29) is 5.91 Å². The summed E-state index contributed by atoms with van der Waals surface area (Å²) in [6.07, 6.45) is 2.46. The number of amides is 1. The average molecular weight is 331 g/mol. The Kier molecular flexibility index (Phi) is 8.09. The van der Waals surface area contributed by atoms with Crippen LogP contribution in [0.15, 0.2) is 18.2 Å². The van der Waals surface area contributed by atoms with Crippen LogP contribution < -0.4 is 10.6 Å². The first kappa shape index (κ1) is 18.3. The molecule has 0 radical (unpaired) electrons. The predicted molar refractivity (Wildman–Crippen MR) is 91.2 cm³/mol. The van der Waals surface area contributed by atoms with E-state index in [1.165, 1.54) is 0 Å². The van der Waals surface area contributed by atoms with E-state index in [9.17, 15) is 4.79 Å². The van der Waals surface area contributed by atoms with Crippen LogP contribution in [0.4, 0.5) is 5.69 Å². The van der Waals surface area contributed by atoms with Crippen molar-refractivity contribution in [2.24, 2.45) is 5.92 Å². The molecule has 0 spiro atoms. The van der Waals surface area contributed by atoms with Crippen molar-refractivity contribution in [2.45, 2.75) is 46.1 Å². The summed E-state index contributed by atoms with van der Waals surface area (Å²) in [5, 5.41) is 7.20. The van der Waals surface area contributed by atoms with Gasteiger partial charge in [0.15, 0.2) is 0 Å². The van der Waals surface area contributed by atoms with E-state index in [4.69, 9.17) is 23.2 Å². The number of hydrogen-bond donors (Lipinski definition) is 2. The molecular weight excluding hydrogens is 307 g/mol. The van der Waals surface area contributed by atoms with Crippen molar-refractivity contribution in [3.63, 3.8) is 0 Å². The van der Waals surface area contributed by atoms with Gasteiger partial charge < -0.3 is 10.6 Å². The fraction of sp³-hybridized carbons (Fsp3) is 0.562. The van der Waals surface area contributed by atoms with Crippen LogP contribution in [0.25, 0.3) is 0 Å². The molecule has 0 aliphatic carbocycles. The Morgan fingerprint density at radius 3 is 2.57 bits per heavy atom. The third kappa shape index (κ3) is 6.68. The van der Waals surface area contributed by atoms with E-state index in [0.717, 1.165) is 19.4 Å². The number of carbonyl (C=O) groups excluding carboxylic acids is 1. The molecule has 0 heterocycles. The third-order valence-electron chi connectivity index (χ3n) is 3.75. The Labute approximate surface area is 137 Å². The Bertz CT molecular complexity index is 466. The number of hydrogen-bond acceptors (Lipinski definition) is 2. The SMILES string of the molecule is CCC(C)C(C)NCCCC(=O)Nc1ccc(Cl)c(Cl)c1. The molecule has 1 aromatic carbocycles. The van der Waals surface area contributed by atoms with Gasteiger partial charge in [-0.15, -0.1) is 0 Å². The van der Waals surface area contributed by atoms with Gasteiger partial charge in [0.1, 0.15) is 0 Å². The second kappa shape index (κ2) is 9.29. The van der Waals surface area contributed by atoms with Crippen molar-refractivity contribution in [3.8, 4) is 0 Å². The number of benzene rings is 1. The van der Waals surface area contributed by atoms with Crippen LogP contribution in [0.5, 0.6) is 0 Å². The maximum Gasteiger partial charge on any atom is 0.224 e. The van der Waals surface area contributed by atoms with Crippen LogP contribution in [0.1, 0.15) is 40.0 Å². The summed E-state index contributed by atoms with van der Waals surface area (Å²) in [6.45, 7) is 7.45. The summed E-state index contributed by atoms with van der Waals surface area (Å²) in [4.78, 5) is 11.8. The molecular formula is C16H24Cl2N2O. The topological polar surface area (TPSA) is 41.1 Å². The highest BCUT2D eigenvalue weighted by atomic mass is 35.5. The summed E-state index contributed by atoms with van der Waals surface area (Å²) >= 11 is 11.7. The maximum absolute atomic E-state index is 11.8. The van der Waals surface area contributed by atoms with Gasteiger partial charge in [-0.05, 0) is 44.0 Å². The van der Waals surface area contributed by atoms with E-state index in [1.807, 2.05) is 0 Å². The minimum atomic E-state index is -0.00798. The summed E-state index contributed by atoms with van der Waals surface area (Å²) in [7, 11) is 0. The Morgan fingerprint density at radius 2 is 1.95 bits per heavy atom. The first-order valence-corrected chi connectivity index (χ1v) is 8.18. The number of anilines is 1. The molecule has 0 bridgehead atoms. The van der Waals surface area contributed by atoms with E-state index in [2.05, 4.69) is 31.4 Å². The van der Waals surface area contributed by atoms with Crippen LogP contribution in [-0.2, 0) is 4.79 Å². The monoisotopic (exact) mass is 330 g/mol. The number of carbonyl (C=O) groups is 1. The zero-order valence-corrected chi connectivity index (χ0v) is 14.4. The molecule has 0 fully saturated rings. The van der Waals surface area contributed by atoms with Crippen LogP contribution in [0.2, 0.25) is 10.0 Å². The molecule has 1 amide bonds. The van der Waals surface area contributed by atoms with Gasteiger partial charge >= 0.3 is 0 Å². The lowest BCUT2D eigenvalue weighted by molar-refractivity contribution is -0.116. The van der Waals surface area contributed by atoms with E-state index >= 15 is 0 Å².